The first-order valence-electron chi connectivity index (χ1n) is 8.95. The number of aromatic nitrogens is 2. The van der Waals surface area contributed by atoms with Gasteiger partial charge in [0.15, 0.2) is 0 Å². The molecule has 0 aliphatic heterocycles. The SMILES string of the molecule is Cc1ccc(-c2csc3ncn(CC(=O)NCC(=O)NC(C)C)c(=O)c23)cc1. The number of nitrogens with one attached hydrogen (secondary N) is 2. The van der Waals surface area contributed by atoms with Gasteiger partial charge in [0.05, 0.1) is 18.3 Å². The number of carbonyl (C=O) groups excluding carboxylic acids is 2. The van der Waals surface area contributed by atoms with E-state index in [2.05, 4.69) is 15.6 Å². The smallest absolute Gasteiger partial charge is 0.263 e. The van der Waals surface area contributed by atoms with Crippen molar-refractivity contribution in [1.82, 2.24) is 20.2 Å². The van der Waals surface area contributed by atoms with Gasteiger partial charge >= 0.3 is 0 Å². The summed E-state index contributed by atoms with van der Waals surface area (Å²) in [5.74, 6) is -0.696. The second kappa shape index (κ2) is 8.35. The molecule has 2 aromatic heterocycles. The fraction of sp³-hybridized carbons (Fsp3) is 0.300. The largest absolute Gasteiger partial charge is 0.352 e. The van der Waals surface area contributed by atoms with Gasteiger partial charge in [0.1, 0.15) is 11.4 Å². The van der Waals surface area contributed by atoms with Gasteiger partial charge in [-0.05, 0) is 26.3 Å². The first-order valence-corrected chi connectivity index (χ1v) is 9.83. The summed E-state index contributed by atoms with van der Waals surface area (Å²) in [6, 6.07) is 7.91. The lowest BCUT2D eigenvalue weighted by Gasteiger charge is -2.10. The van der Waals surface area contributed by atoms with Gasteiger partial charge in [-0.2, -0.15) is 0 Å². The zero-order valence-corrected chi connectivity index (χ0v) is 16.8. The molecule has 7 nitrogen and oxygen atoms in total. The zero-order valence-electron chi connectivity index (χ0n) is 16.0. The van der Waals surface area contributed by atoms with Crippen molar-refractivity contribution in [1.29, 1.82) is 0 Å². The molecule has 1 aromatic carbocycles. The van der Waals surface area contributed by atoms with E-state index in [1.165, 1.54) is 22.2 Å². The molecule has 2 N–H and O–H groups in total. The molecule has 0 fully saturated rings. The van der Waals surface area contributed by atoms with Crippen LogP contribution in [0.3, 0.4) is 0 Å². The predicted molar refractivity (Wildman–Crippen MR) is 110 cm³/mol. The number of thiophene rings is 1. The summed E-state index contributed by atoms with van der Waals surface area (Å²) in [7, 11) is 0. The Bertz CT molecular complexity index is 1070. The Kier molecular flexibility index (Phi) is 5.89. The Labute approximate surface area is 166 Å². The molecule has 146 valence electrons. The molecule has 0 radical (unpaired) electrons. The highest BCUT2D eigenvalue weighted by Crippen LogP contribution is 2.30. The normalized spacial score (nSPS) is 11.0. The Hall–Kier alpha value is -3.00. The number of rotatable bonds is 6. The summed E-state index contributed by atoms with van der Waals surface area (Å²) < 4.78 is 1.27. The predicted octanol–water partition coefficient (Wildman–Crippen LogP) is 2.07. The monoisotopic (exact) mass is 398 g/mol. The van der Waals surface area contributed by atoms with Crippen molar-refractivity contribution in [3.8, 4) is 11.1 Å². The maximum Gasteiger partial charge on any atom is 0.263 e. The van der Waals surface area contributed by atoms with Crippen molar-refractivity contribution in [3.05, 3.63) is 51.9 Å². The topological polar surface area (TPSA) is 93.1 Å². The van der Waals surface area contributed by atoms with Crippen LogP contribution in [0.1, 0.15) is 19.4 Å². The Morgan fingerprint density at radius 1 is 1.18 bits per heavy atom. The van der Waals surface area contributed by atoms with Crippen LogP contribution >= 0.6 is 11.3 Å². The maximum absolute atomic E-state index is 12.9. The Morgan fingerprint density at radius 3 is 2.57 bits per heavy atom. The fourth-order valence-corrected chi connectivity index (χ4v) is 3.69. The average molecular weight is 398 g/mol. The number of fused-ring (bicyclic) bond motifs is 1. The molecular formula is C20H22N4O3S. The van der Waals surface area contributed by atoms with E-state index in [9.17, 15) is 14.4 Å². The molecule has 0 aliphatic rings. The number of benzene rings is 1. The molecule has 0 saturated carbocycles. The van der Waals surface area contributed by atoms with Gasteiger partial charge in [-0.25, -0.2) is 4.98 Å². The highest BCUT2D eigenvalue weighted by atomic mass is 32.1. The molecule has 3 aromatic rings. The number of hydrogen-bond acceptors (Lipinski definition) is 5. The van der Waals surface area contributed by atoms with E-state index in [0.29, 0.717) is 10.2 Å². The minimum absolute atomic E-state index is 0.00239. The second-order valence-electron chi connectivity index (χ2n) is 6.87. The van der Waals surface area contributed by atoms with Crippen LogP contribution in [0.4, 0.5) is 0 Å². The van der Waals surface area contributed by atoms with Gasteiger partial charge in [0.2, 0.25) is 11.8 Å². The average Bonchev–Trinajstić information content (AvgIpc) is 3.07. The van der Waals surface area contributed by atoms with E-state index in [1.807, 2.05) is 50.4 Å². The molecule has 3 rings (SSSR count). The molecule has 0 spiro atoms. The van der Waals surface area contributed by atoms with Crippen molar-refractivity contribution in [2.75, 3.05) is 6.54 Å². The van der Waals surface area contributed by atoms with Crippen molar-refractivity contribution in [2.45, 2.75) is 33.4 Å². The lowest BCUT2D eigenvalue weighted by Crippen LogP contribution is -2.41. The van der Waals surface area contributed by atoms with Gasteiger partial charge in [0, 0.05) is 17.0 Å². The summed E-state index contributed by atoms with van der Waals surface area (Å²) >= 11 is 1.40. The quantitative estimate of drug-likeness (QED) is 0.665. The molecule has 2 heterocycles. The van der Waals surface area contributed by atoms with Crippen LogP contribution in [0.25, 0.3) is 21.3 Å². The van der Waals surface area contributed by atoms with Crippen molar-refractivity contribution in [3.63, 3.8) is 0 Å². The van der Waals surface area contributed by atoms with Crippen molar-refractivity contribution in [2.24, 2.45) is 0 Å². The number of carbonyl (C=O) groups is 2. The third-order valence-electron chi connectivity index (χ3n) is 4.13. The van der Waals surface area contributed by atoms with Gasteiger partial charge in [-0.1, -0.05) is 29.8 Å². The van der Waals surface area contributed by atoms with E-state index in [0.717, 1.165) is 16.7 Å². The lowest BCUT2D eigenvalue weighted by molar-refractivity contribution is -0.126. The minimum atomic E-state index is -0.422. The summed E-state index contributed by atoms with van der Waals surface area (Å²) in [4.78, 5) is 41.7. The van der Waals surface area contributed by atoms with Crippen LogP contribution in [0, 0.1) is 6.92 Å². The third kappa shape index (κ3) is 4.45. The Balaban J connectivity index is 1.81. The van der Waals surface area contributed by atoms with Crippen LogP contribution < -0.4 is 16.2 Å². The van der Waals surface area contributed by atoms with Crippen LogP contribution in [0.15, 0.2) is 40.8 Å². The summed E-state index contributed by atoms with van der Waals surface area (Å²) in [5.41, 5.74) is 2.60. The maximum atomic E-state index is 12.9. The lowest BCUT2D eigenvalue weighted by atomic mass is 10.1. The molecule has 0 bridgehead atoms. The standard InChI is InChI=1S/C20H22N4O3S/c1-12(2)23-16(25)8-21-17(26)9-24-11-22-19-18(20(24)27)15(10-28-19)14-6-4-13(3)5-7-14/h4-7,10-12H,8-9H2,1-3H3,(H,21,26)(H,23,25). The highest BCUT2D eigenvalue weighted by molar-refractivity contribution is 7.17. The summed E-state index contributed by atoms with van der Waals surface area (Å²) in [5, 5.41) is 7.62. The molecule has 0 unspecified atom stereocenters. The van der Waals surface area contributed by atoms with Gasteiger partial charge in [0.25, 0.3) is 5.56 Å². The van der Waals surface area contributed by atoms with Crippen LogP contribution in [0.5, 0.6) is 0 Å². The van der Waals surface area contributed by atoms with E-state index in [-0.39, 0.29) is 30.6 Å². The third-order valence-corrected chi connectivity index (χ3v) is 5.02. The number of amides is 2. The van der Waals surface area contributed by atoms with Crippen LogP contribution in [-0.4, -0.2) is 34.0 Å². The van der Waals surface area contributed by atoms with Gasteiger partial charge in [-0.15, -0.1) is 11.3 Å². The molecular weight excluding hydrogens is 376 g/mol. The molecule has 8 heteroatoms. The van der Waals surface area contributed by atoms with E-state index in [4.69, 9.17) is 0 Å². The molecule has 2 amide bonds. The van der Waals surface area contributed by atoms with E-state index < -0.39 is 5.91 Å². The van der Waals surface area contributed by atoms with Crippen molar-refractivity contribution >= 4 is 33.4 Å². The molecule has 0 atom stereocenters. The van der Waals surface area contributed by atoms with E-state index >= 15 is 0 Å². The Morgan fingerprint density at radius 2 is 1.89 bits per heavy atom. The first-order chi connectivity index (χ1) is 13.3. The summed E-state index contributed by atoms with van der Waals surface area (Å²) in [6.45, 7) is 5.36. The van der Waals surface area contributed by atoms with E-state index in [1.54, 1.807) is 0 Å². The second-order valence-corrected chi connectivity index (χ2v) is 7.73. The molecule has 28 heavy (non-hydrogen) atoms. The zero-order chi connectivity index (χ0) is 20.3. The number of aryl methyl sites for hydroxylation is 1. The first kappa shape index (κ1) is 19.8. The fourth-order valence-electron chi connectivity index (χ4n) is 2.79. The number of hydrogen-bond donors (Lipinski definition) is 2. The van der Waals surface area contributed by atoms with Gasteiger partial charge in [-0.3, -0.25) is 19.0 Å². The van der Waals surface area contributed by atoms with Crippen molar-refractivity contribution < 1.29 is 9.59 Å². The highest BCUT2D eigenvalue weighted by Gasteiger charge is 2.15. The number of nitrogens with zero attached hydrogens (tertiary/aromatic N) is 2. The minimum Gasteiger partial charge on any atom is -0.352 e. The molecule has 0 saturated heterocycles. The van der Waals surface area contributed by atoms with Crippen LogP contribution in [-0.2, 0) is 16.1 Å². The van der Waals surface area contributed by atoms with Crippen LogP contribution in [0.2, 0.25) is 0 Å². The molecule has 0 aliphatic carbocycles. The summed E-state index contributed by atoms with van der Waals surface area (Å²) in [6.07, 6.45) is 1.37. The van der Waals surface area contributed by atoms with Gasteiger partial charge < -0.3 is 10.6 Å².